The summed E-state index contributed by atoms with van der Waals surface area (Å²) in [5, 5.41) is 3.62. The van der Waals surface area contributed by atoms with Crippen molar-refractivity contribution >= 4 is 56.5 Å². The molecule has 4 aromatic rings. The van der Waals surface area contributed by atoms with Crippen molar-refractivity contribution in [3.63, 3.8) is 0 Å². The molecule has 1 aliphatic heterocycles. The van der Waals surface area contributed by atoms with Gasteiger partial charge in [-0.1, -0.05) is 72.8 Å². The topological polar surface area (TPSA) is 72.9 Å². The normalized spacial score (nSPS) is 14.7. The summed E-state index contributed by atoms with van der Waals surface area (Å²) in [6.45, 7) is 1.78. The molecule has 4 aromatic carbocycles. The second kappa shape index (κ2) is 10.3. The molecule has 0 saturated carbocycles. The molecule has 0 aromatic heterocycles. The summed E-state index contributed by atoms with van der Waals surface area (Å²) in [5.74, 6) is -0.546. The zero-order valence-electron chi connectivity index (χ0n) is 19.6. The maximum Gasteiger partial charge on any atom is 0.326 e. The molecule has 1 saturated heterocycles. The summed E-state index contributed by atoms with van der Waals surface area (Å²) >= 11 is 0.806. The van der Waals surface area contributed by atoms with Crippen molar-refractivity contribution < 1.29 is 23.9 Å². The summed E-state index contributed by atoms with van der Waals surface area (Å²) in [6.07, 6.45) is 1.68. The Balaban J connectivity index is 1.50. The lowest BCUT2D eigenvalue weighted by atomic mass is 10.0. The Morgan fingerprint density at radius 2 is 1.58 bits per heavy atom. The van der Waals surface area contributed by atoms with E-state index in [1.807, 2.05) is 60.7 Å². The van der Waals surface area contributed by atoms with Crippen LogP contribution in [0.1, 0.15) is 18.1 Å². The standard InChI is InChI=1S/C29H23NO5S/c1-2-34-27(31)17-30-28(32)26(36-29(30)33)16-24-23-13-6-4-9-20(23)14-15-25(24)35-18-21-11-7-10-19-8-3-5-12-22(19)21/h3-16H,2,17-18H2,1H3/b26-16-. The van der Waals surface area contributed by atoms with Gasteiger partial charge >= 0.3 is 5.97 Å². The molecule has 1 fully saturated rings. The number of amides is 2. The fourth-order valence-corrected chi connectivity index (χ4v) is 5.05. The van der Waals surface area contributed by atoms with Gasteiger partial charge in [0.2, 0.25) is 0 Å². The van der Waals surface area contributed by atoms with E-state index in [0.29, 0.717) is 17.9 Å². The van der Waals surface area contributed by atoms with Gasteiger partial charge in [-0.2, -0.15) is 0 Å². The largest absolute Gasteiger partial charge is 0.488 e. The van der Waals surface area contributed by atoms with Crippen molar-refractivity contribution in [3.05, 3.63) is 94.9 Å². The molecule has 1 heterocycles. The number of hydrogen-bond acceptors (Lipinski definition) is 6. The van der Waals surface area contributed by atoms with Gasteiger partial charge < -0.3 is 9.47 Å². The van der Waals surface area contributed by atoms with Crippen molar-refractivity contribution in [2.75, 3.05) is 13.2 Å². The van der Waals surface area contributed by atoms with Crippen LogP contribution >= 0.6 is 11.8 Å². The first-order valence-electron chi connectivity index (χ1n) is 11.6. The van der Waals surface area contributed by atoms with E-state index in [9.17, 15) is 14.4 Å². The van der Waals surface area contributed by atoms with E-state index in [1.54, 1.807) is 13.0 Å². The first kappa shape index (κ1) is 23.6. The SMILES string of the molecule is CCOC(=O)CN1C(=O)S/C(=C\c2c(OCc3cccc4ccccc34)ccc3ccccc23)C1=O. The van der Waals surface area contributed by atoms with Gasteiger partial charge in [0.15, 0.2) is 0 Å². The van der Waals surface area contributed by atoms with Crippen LogP contribution in [-0.2, 0) is 20.9 Å². The number of thioether (sulfide) groups is 1. The molecule has 0 atom stereocenters. The van der Waals surface area contributed by atoms with Crippen LogP contribution in [0.5, 0.6) is 5.75 Å². The number of hydrogen-bond donors (Lipinski definition) is 0. The molecule has 7 heteroatoms. The van der Waals surface area contributed by atoms with Crippen LogP contribution < -0.4 is 4.74 Å². The minimum Gasteiger partial charge on any atom is -0.488 e. The summed E-state index contributed by atoms with van der Waals surface area (Å²) < 4.78 is 11.2. The van der Waals surface area contributed by atoms with Crippen LogP contribution in [0, 0.1) is 0 Å². The predicted octanol–water partition coefficient (Wildman–Crippen LogP) is 6.17. The van der Waals surface area contributed by atoms with Crippen molar-refractivity contribution in [3.8, 4) is 5.75 Å². The summed E-state index contributed by atoms with van der Waals surface area (Å²) in [6, 6.07) is 25.9. The van der Waals surface area contributed by atoms with Gasteiger partial charge in [0.05, 0.1) is 11.5 Å². The molecule has 0 aliphatic carbocycles. The summed E-state index contributed by atoms with van der Waals surface area (Å²) in [5.41, 5.74) is 1.75. The number of fused-ring (bicyclic) bond motifs is 2. The third kappa shape index (κ3) is 4.70. The van der Waals surface area contributed by atoms with Gasteiger partial charge in [0, 0.05) is 5.56 Å². The Labute approximate surface area is 212 Å². The zero-order valence-corrected chi connectivity index (χ0v) is 20.4. The molecule has 180 valence electrons. The number of benzene rings is 4. The highest BCUT2D eigenvalue weighted by Crippen LogP contribution is 2.37. The first-order valence-corrected chi connectivity index (χ1v) is 12.4. The van der Waals surface area contributed by atoms with Crippen LogP contribution in [0.4, 0.5) is 4.79 Å². The molecule has 0 spiro atoms. The Hall–Kier alpha value is -4.10. The highest BCUT2D eigenvalue weighted by molar-refractivity contribution is 8.18. The van der Waals surface area contributed by atoms with Crippen molar-refractivity contribution in [2.45, 2.75) is 13.5 Å². The molecule has 2 amide bonds. The van der Waals surface area contributed by atoms with E-state index < -0.39 is 23.7 Å². The summed E-state index contributed by atoms with van der Waals surface area (Å²) in [4.78, 5) is 38.5. The number of esters is 1. The van der Waals surface area contributed by atoms with Crippen LogP contribution in [0.25, 0.3) is 27.6 Å². The minimum absolute atomic E-state index is 0.179. The fraction of sp³-hybridized carbons (Fsp3) is 0.138. The average Bonchev–Trinajstić information content (AvgIpc) is 3.15. The van der Waals surface area contributed by atoms with Crippen molar-refractivity contribution in [1.29, 1.82) is 0 Å². The van der Waals surface area contributed by atoms with E-state index in [0.717, 1.165) is 43.8 Å². The third-order valence-electron chi connectivity index (χ3n) is 5.94. The molecule has 0 radical (unpaired) electrons. The second-order valence-corrected chi connectivity index (χ2v) is 9.19. The summed E-state index contributed by atoms with van der Waals surface area (Å²) in [7, 11) is 0. The molecule has 36 heavy (non-hydrogen) atoms. The van der Waals surface area contributed by atoms with Crippen LogP contribution in [-0.4, -0.2) is 35.2 Å². The lowest BCUT2D eigenvalue weighted by molar-refractivity contribution is -0.145. The van der Waals surface area contributed by atoms with Gasteiger partial charge in [-0.3, -0.25) is 19.3 Å². The van der Waals surface area contributed by atoms with Gasteiger partial charge in [-0.05, 0) is 57.9 Å². The molecule has 0 unspecified atom stereocenters. The van der Waals surface area contributed by atoms with Crippen LogP contribution in [0.2, 0.25) is 0 Å². The molecule has 5 rings (SSSR count). The smallest absolute Gasteiger partial charge is 0.326 e. The number of ether oxygens (including phenoxy) is 2. The lowest BCUT2D eigenvalue weighted by Gasteiger charge is -2.14. The Kier molecular flexibility index (Phi) is 6.73. The fourth-order valence-electron chi connectivity index (χ4n) is 4.23. The van der Waals surface area contributed by atoms with E-state index in [1.165, 1.54) is 0 Å². The molecular formula is C29H23NO5S. The number of imide groups is 1. The monoisotopic (exact) mass is 497 g/mol. The lowest BCUT2D eigenvalue weighted by Crippen LogP contribution is -2.34. The zero-order chi connectivity index (χ0) is 25.1. The minimum atomic E-state index is -0.620. The van der Waals surface area contributed by atoms with Crippen LogP contribution in [0.15, 0.2) is 83.8 Å². The van der Waals surface area contributed by atoms with E-state index in [-0.39, 0.29) is 11.5 Å². The van der Waals surface area contributed by atoms with Gasteiger partial charge in [-0.15, -0.1) is 0 Å². The average molecular weight is 498 g/mol. The number of rotatable bonds is 7. The maximum atomic E-state index is 13.0. The molecule has 1 aliphatic rings. The Bertz CT molecular complexity index is 1520. The van der Waals surface area contributed by atoms with Crippen molar-refractivity contribution in [1.82, 2.24) is 4.90 Å². The van der Waals surface area contributed by atoms with Crippen LogP contribution in [0.3, 0.4) is 0 Å². The Morgan fingerprint density at radius 1 is 0.889 bits per heavy atom. The Morgan fingerprint density at radius 3 is 2.36 bits per heavy atom. The van der Waals surface area contributed by atoms with E-state index in [2.05, 4.69) is 18.2 Å². The molecule has 0 bridgehead atoms. The molecular weight excluding hydrogens is 474 g/mol. The van der Waals surface area contributed by atoms with Crippen molar-refractivity contribution in [2.24, 2.45) is 0 Å². The maximum absolute atomic E-state index is 13.0. The van der Waals surface area contributed by atoms with Gasteiger partial charge in [0.25, 0.3) is 11.1 Å². The van der Waals surface area contributed by atoms with E-state index >= 15 is 0 Å². The third-order valence-corrected chi connectivity index (χ3v) is 6.84. The number of carbonyl (C=O) groups excluding carboxylic acids is 3. The second-order valence-electron chi connectivity index (χ2n) is 8.20. The van der Waals surface area contributed by atoms with Gasteiger partial charge in [-0.25, -0.2) is 0 Å². The first-order chi connectivity index (χ1) is 17.5. The molecule has 0 N–H and O–H groups in total. The molecule has 6 nitrogen and oxygen atoms in total. The number of carbonyl (C=O) groups is 3. The number of nitrogens with zero attached hydrogens (tertiary/aromatic N) is 1. The quantitative estimate of drug-likeness (QED) is 0.225. The highest BCUT2D eigenvalue weighted by atomic mass is 32.2. The highest BCUT2D eigenvalue weighted by Gasteiger charge is 2.37. The predicted molar refractivity (Wildman–Crippen MR) is 142 cm³/mol. The van der Waals surface area contributed by atoms with E-state index in [4.69, 9.17) is 9.47 Å². The van der Waals surface area contributed by atoms with Gasteiger partial charge in [0.1, 0.15) is 18.9 Å².